The molecule has 32 heavy (non-hydrogen) atoms. The van der Waals surface area contributed by atoms with Crippen molar-refractivity contribution in [3.05, 3.63) is 20.2 Å². The normalized spacial score (nSPS) is 13.6. The maximum atomic E-state index is 12.9. The molecule has 1 unspecified atom stereocenters. The average Bonchev–Trinajstić information content (AvgIpc) is 2.54. The van der Waals surface area contributed by atoms with Gasteiger partial charge >= 0.3 is 11.9 Å². The van der Waals surface area contributed by atoms with E-state index in [1.54, 1.807) is 41.5 Å². The zero-order valence-electron chi connectivity index (χ0n) is 18.7. The van der Waals surface area contributed by atoms with Crippen molar-refractivity contribution in [3.8, 4) is 0 Å². The summed E-state index contributed by atoms with van der Waals surface area (Å²) in [6.07, 6.45) is -3.44. The Labute approximate surface area is 183 Å². The Hall–Kier alpha value is -3.23. The molecule has 0 bridgehead atoms. The van der Waals surface area contributed by atoms with Crippen LogP contribution < -0.4 is 0 Å². The fraction of sp³-hybridized carbons (Fsp3) is 0.824. The van der Waals surface area contributed by atoms with Gasteiger partial charge in [-0.1, -0.05) is 0 Å². The summed E-state index contributed by atoms with van der Waals surface area (Å²) in [5.74, 6) is -3.60. The van der Waals surface area contributed by atoms with Crippen molar-refractivity contribution in [1.82, 2.24) is 5.06 Å². The van der Waals surface area contributed by atoms with Crippen LogP contribution in [0, 0.1) is 26.1 Å². The Balaban J connectivity index is 6.04. The molecular weight excluding hydrogens is 438 g/mol. The minimum Gasteiger partial charge on any atom is -0.481 e. The monoisotopic (exact) mass is 467 g/mol. The maximum absolute atomic E-state index is 12.9. The summed E-state index contributed by atoms with van der Waals surface area (Å²) >= 11 is 0. The number of carboxylic acids is 1. The molecule has 0 saturated carbocycles. The van der Waals surface area contributed by atoms with Crippen molar-refractivity contribution >= 4 is 18.3 Å². The highest BCUT2D eigenvalue weighted by molar-refractivity contribution is 5.80. The van der Waals surface area contributed by atoms with Crippen LogP contribution in [-0.4, -0.2) is 62.2 Å². The number of esters is 1. The van der Waals surface area contributed by atoms with Crippen molar-refractivity contribution in [2.75, 3.05) is 0 Å². The van der Waals surface area contributed by atoms with Crippen LogP contribution >= 0.6 is 0 Å². The first-order valence-electron chi connectivity index (χ1n) is 9.45. The third-order valence-electron chi connectivity index (χ3n) is 3.47. The molecule has 184 valence electrons. The predicted octanol–water partition coefficient (Wildman–Crippen LogP) is 1.50. The molecule has 2 atom stereocenters. The Morgan fingerprint density at radius 2 is 1.50 bits per heavy atom. The number of hydroxylamine groups is 2. The first kappa shape index (κ1) is 28.8. The highest BCUT2D eigenvalue weighted by Crippen LogP contribution is 2.27. The lowest BCUT2D eigenvalue weighted by atomic mass is 9.90. The van der Waals surface area contributed by atoms with Gasteiger partial charge in [0.15, 0.2) is 6.04 Å². The highest BCUT2D eigenvalue weighted by Gasteiger charge is 2.40. The van der Waals surface area contributed by atoms with Crippen LogP contribution in [0.4, 0.5) is 0 Å². The summed E-state index contributed by atoms with van der Waals surface area (Å²) in [5, 5.41) is 28.4. The van der Waals surface area contributed by atoms with Gasteiger partial charge in [0, 0.05) is 5.92 Å². The molecule has 15 heteroatoms. The number of rotatable bonds is 14. The molecule has 15 nitrogen and oxygen atoms in total. The van der Waals surface area contributed by atoms with Crippen molar-refractivity contribution in [2.24, 2.45) is 5.92 Å². The summed E-state index contributed by atoms with van der Waals surface area (Å²) < 4.78 is 5.30. The van der Waals surface area contributed by atoms with Crippen LogP contribution in [0.2, 0.25) is 0 Å². The molecule has 0 fully saturated rings. The highest BCUT2D eigenvalue weighted by atomic mass is 17.0. The number of aliphatic carboxylic acids is 1. The predicted molar refractivity (Wildman–Crippen MR) is 103 cm³/mol. The molecule has 0 saturated heterocycles. The Morgan fingerprint density at radius 1 is 1.00 bits per heavy atom. The number of ether oxygens (including phenoxy) is 1. The van der Waals surface area contributed by atoms with E-state index in [9.17, 15) is 39.7 Å². The summed E-state index contributed by atoms with van der Waals surface area (Å²) in [4.78, 5) is 70.8. The molecule has 0 aromatic rings. The number of carbonyl (C=O) groups excluding carboxylic acids is 2. The molecule has 0 rings (SSSR count). The van der Waals surface area contributed by atoms with Gasteiger partial charge in [-0.05, 0) is 54.4 Å². The van der Waals surface area contributed by atoms with Gasteiger partial charge in [-0.25, -0.2) is 9.86 Å². The third kappa shape index (κ3) is 12.5. The van der Waals surface area contributed by atoms with E-state index in [0.717, 1.165) is 0 Å². The molecule has 0 aromatic heterocycles. The zero-order chi connectivity index (χ0) is 25.3. The van der Waals surface area contributed by atoms with Gasteiger partial charge in [0.25, 0.3) is 16.5 Å². The van der Waals surface area contributed by atoms with Gasteiger partial charge in [0.1, 0.15) is 5.60 Å². The number of carbonyl (C=O) groups is 3. The SMILES string of the molecule is CC(C)(C)OC(=O)[C@H](C(CCC(O[N+](=O)[O-])O[N+](=O)[O-])CC(=O)O)N(C=O)OC(C)(C)C. The van der Waals surface area contributed by atoms with Gasteiger partial charge < -0.3 is 9.84 Å². The lowest BCUT2D eigenvalue weighted by Crippen LogP contribution is -2.51. The second-order valence-corrected chi connectivity index (χ2v) is 8.67. The lowest BCUT2D eigenvalue weighted by Gasteiger charge is -2.36. The maximum Gasteiger partial charge on any atom is 0.332 e. The lowest BCUT2D eigenvalue weighted by molar-refractivity contribution is -0.851. The van der Waals surface area contributed by atoms with Crippen LogP contribution in [0.1, 0.15) is 60.8 Å². The molecule has 0 aliphatic heterocycles. The second-order valence-electron chi connectivity index (χ2n) is 8.67. The van der Waals surface area contributed by atoms with Crippen LogP contribution in [0.25, 0.3) is 0 Å². The van der Waals surface area contributed by atoms with Crippen LogP contribution in [0.5, 0.6) is 0 Å². The van der Waals surface area contributed by atoms with E-state index in [0.29, 0.717) is 5.06 Å². The molecule has 0 aromatic carbocycles. The Bertz CT molecular complexity index is 669. The number of hydrogen-bond donors (Lipinski definition) is 1. The van der Waals surface area contributed by atoms with Gasteiger partial charge in [0.2, 0.25) is 6.41 Å². The first-order valence-corrected chi connectivity index (χ1v) is 9.45. The summed E-state index contributed by atoms with van der Waals surface area (Å²) in [6, 6.07) is -1.59. The van der Waals surface area contributed by atoms with E-state index in [1.165, 1.54) is 0 Å². The fourth-order valence-electron chi connectivity index (χ4n) is 2.59. The van der Waals surface area contributed by atoms with Crippen molar-refractivity contribution in [1.29, 1.82) is 0 Å². The quantitative estimate of drug-likeness (QED) is 0.127. The van der Waals surface area contributed by atoms with E-state index < -0.39 is 64.4 Å². The van der Waals surface area contributed by atoms with Crippen molar-refractivity contribution in [2.45, 2.75) is 84.3 Å². The van der Waals surface area contributed by atoms with E-state index in [1.807, 2.05) is 0 Å². The summed E-state index contributed by atoms with van der Waals surface area (Å²) in [7, 11) is 0. The van der Waals surface area contributed by atoms with E-state index in [4.69, 9.17) is 9.57 Å². The summed E-state index contributed by atoms with van der Waals surface area (Å²) in [6.45, 7) is 9.39. The fourth-order valence-corrected chi connectivity index (χ4v) is 2.59. The first-order chi connectivity index (χ1) is 14.4. The Kier molecular flexibility index (Phi) is 10.8. The minimum atomic E-state index is -1.98. The molecule has 0 radical (unpaired) electrons. The molecule has 0 heterocycles. The molecule has 1 N–H and O–H groups in total. The molecule has 0 aliphatic carbocycles. The van der Waals surface area contributed by atoms with Crippen LogP contribution in [0.15, 0.2) is 0 Å². The number of hydrogen-bond acceptors (Lipinski definition) is 11. The molecular formula is C17H29N3O12. The van der Waals surface area contributed by atoms with E-state index in [-0.39, 0.29) is 12.8 Å². The van der Waals surface area contributed by atoms with Crippen LogP contribution in [0.3, 0.4) is 0 Å². The van der Waals surface area contributed by atoms with Crippen molar-refractivity contribution in [3.63, 3.8) is 0 Å². The van der Waals surface area contributed by atoms with Crippen LogP contribution in [-0.2, 0) is 33.6 Å². The van der Waals surface area contributed by atoms with E-state index in [2.05, 4.69) is 9.68 Å². The minimum absolute atomic E-state index is 0.174. The molecule has 1 amide bonds. The average molecular weight is 467 g/mol. The third-order valence-corrected chi connectivity index (χ3v) is 3.47. The number of amides is 1. The Morgan fingerprint density at radius 3 is 1.84 bits per heavy atom. The molecule has 0 spiro atoms. The smallest absolute Gasteiger partial charge is 0.332 e. The number of nitrogens with zero attached hydrogens (tertiary/aromatic N) is 3. The van der Waals surface area contributed by atoms with Gasteiger partial charge in [0.05, 0.1) is 12.0 Å². The second kappa shape index (κ2) is 12.0. The standard InChI is InChI=1S/C17H29N3O12/c1-16(2,3)29-15(24)14(18(10-21)32-17(4,5)6)11(9-12(22)23)7-8-13(30-19(25)26)31-20(27)28/h10-11,13-14H,7-9H2,1-6H3,(H,22,23)/t11?,14-/m0/s1. The van der Waals surface area contributed by atoms with E-state index >= 15 is 0 Å². The van der Waals surface area contributed by atoms with Gasteiger partial charge in [-0.2, -0.15) is 0 Å². The van der Waals surface area contributed by atoms with Gasteiger partial charge in [-0.15, -0.1) is 20.2 Å². The van der Waals surface area contributed by atoms with Crippen molar-refractivity contribution < 1.29 is 48.9 Å². The zero-order valence-corrected chi connectivity index (χ0v) is 18.7. The largest absolute Gasteiger partial charge is 0.481 e. The molecule has 0 aliphatic rings. The number of carboxylic acid groups (broad SMARTS) is 1. The topological polar surface area (TPSA) is 198 Å². The van der Waals surface area contributed by atoms with Gasteiger partial charge in [-0.3, -0.25) is 24.1 Å². The summed E-state index contributed by atoms with van der Waals surface area (Å²) in [5.41, 5.74) is -1.98.